The van der Waals surface area contributed by atoms with Crippen LogP contribution in [-0.4, -0.2) is 0 Å². The van der Waals surface area contributed by atoms with E-state index in [0.29, 0.717) is 21.9 Å². The second-order valence-electron chi connectivity index (χ2n) is 16.1. The predicted octanol–water partition coefficient (Wildman–Crippen LogP) is 16.3. The maximum atomic E-state index is 14.5. The standard InChI is InChI=1S/C61H40O2/c62-61-57-39-49(45-23-13-25-47(31-45)55-35-51(41-15-5-1-6-16-41)33-52(36-55)42-17-7-2-8-18-42)27-29-59(57)63-60-30-28-50(40-58(60)61)46-24-14-26-48(32-46)56-37-53(43-19-9-3-10-20-43)34-54(38-56)44-21-11-4-12-22-44/h1-40H. The Morgan fingerprint density at radius 1 is 0.206 bits per heavy atom. The van der Waals surface area contributed by atoms with Gasteiger partial charge in [-0.3, -0.25) is 4.79 Å². The Morgan fingerprint density at radius 2 is 0.444 bits per heavy atom. The molecule has 0 saturated carbocycles. The molecule has 10 aromatic carbocycles. The molecule has 0 aliphatic rings. The maximum Gasteiger partial charge on any atom is 0.200 e. The van der Waals surface area contributed by atoms with Gasteiger partial charge in [-0.15, -0.1) is 0 Å². The van der Waals surface area contributed by atoms with E-state index in [1.807, 2.05) is 60.7 Å². The van der Waals surface area contributed by atoms with Gasteiger partial charge in [0.2, 0.25) is 5.43 Å². The molecule has 0 fully saturated rings. The van der Waals surface area contributed by atoms with Gasteiger partial charge in [0.25, 0.3) is 0 Å². The van der Waals surface area contributed by atoms with Crippen molar-refractivity contribution >= 4 is 21.9 Å². The Labute approximate surface area is 366 Å². The lowest BCUT2D eigenvalue weighted by molar-refractivity contribution is 0.660. The van der Waals surface area contributed by atoms with E-state index in [2.05, 4.69) is 182 Å². The number of rotatable bonds is 8. The average molecular weight is 805 g/mol. The molecule has 0 unspecified atom stereocenters. The normalized spacial score (nSPS) is 11.2. The van der Waals surface area contributed by atoms with Crippen molar-refractivity contribution in [3.8, 4) is 89.0 Å². The predicted molar refractivity (Wildman–Crippen MR) is 263 cm³/mol. The summed E-state index contributed by atoms with van der Waals surface area (Å²) in [6.45, 7) is 0. The molecule has 0 aliphatic carbocycles. The number of benzene rings is 10. The van der Waals surface area contributed by atoms with Crippen LogP contribution in [0.2, 0.25) is 0 Å². The SMILES string of the molecule is O=c1c2cc(-c3cccc(-c4cc(-c5ccccc5)cc(-c5ccccc5)c4)c3)ccc2oc2ccc(-c3cccc(-c4cc(-c5ccccc5)cc(-c5ccccc5)c4)c3)cc12. The van der Waals surface area contributed by atoms with Crippen LogP contribution in [0.1, 0.15) is 0 Å². The third-order valence-corrected chi connectivity index (χ3v) is 12.0. The number of hydrogen-bond donors (Lipinski definition) is 0. The van der Waals surface area contributed by atoms with Crippen LogP contribution in [0.4, 0.5) is 0 Å². The topological polar surface area (TPSA) is 30.2 Å². The van der Waals surface area contributed by atoms with Gasteiger partial charge in [0.05, 0.1) is 10.8 Å². The molecule has 2 nitrogen and oxygen atoms in total. The van der Waals surface area contributed by atoms with E-state index < -0.39 is 0 Å². The van der Waals surface area contributed by atoms with Gasteiger partial charge in [0.1, 0.15) is 11.2 Å². The van der Waals surface area contributed by atoms with Crippen molar-refractivity contribution in [3.63, 3.8) is 0 Å². The minimum absolute atomic E-state index is 0.0478. The van der Waals surface area contributed by atoms with E-state index in [-0.39, 0.29) is 5.43 Å². The Morgan fingerprint density at radius 3 is 0.762 bits per heavy atom. The zero-order valence-corrected chi connectivity index (χ0v) is 34.4. The first-order valence-electron chi connectivity index (χ1n) is 21.3. The lowest BCUT2D eigenvalue weighted by atomic mass is 9.92. The quantitative estimate of drug-likeness (QED) is 0.143. The lowest BCUT2D eigenvalue weighted by Gasteiger charge is -2.13. The van der Waals surface area contributed by atoms with Crippen molar-refractivity contribution in [1.82, 2.24) is 0 Å². The Kier molecular flexibility index (Phi) is 9.72. The van der Waals surface area contributed by atoms with Gasteiger partial charge in [-0.2, -0.15) is 0 Å². The van der Waals surface area contributed by atoms with Crippen LogP contribution in [0.5, 0.6) is 0 Å². The molecule has 1 aromatic heterocycles. The van der Waals surface area contributed by atoms with Gasteiger partial charge in [0, 0.05) is 0 Å². The molecule has 0 bridgehead atoms. The number of hydrogen-bond acceptors (Lipinski definition) is 2. The van der Waals surface area contributed by atoms with Crippen LogP contribution < -0.4 is 5.43 Å². The summed E-state index contributed by atoms with van der Waals surface area (Å²) in [5.41, 5.74) is 18.8. The van der Waals surface area contributed by atoms with Crippen LogP contribution in [0.15, 0.2) is 252 Å². The zero-order valence-electron chi connectivity index (χ0n) is 34.4. The van der Waals surface area contributed by atoms with Gasteiger partial charge >= 0.3 is 0 Å². The van der Waals surface area contributed by atoms with Crippen LogP contribution in [0.25, 0.3) is 111 Å². The van der Waals surface area contributed by atoms with Crippen molar-refractivity contribution in [2.75, 3.05) is 0 Å². The molecule has 63 heavy (non-hydrogen) atoms. The monoisotopic (exact) mass is 804 g/mol. The summed E-state index contributed by atoms with van der Waals surface area (Å²) >= 11 is 0. The Bertz CT molecular complexity index is 3150. The summed E-state index contributed by atoms with van der Waals surface area (Å²) in [7, 11) is 0. The molecule has 2 heteroatoms. The second kappa shape index (κ2) is 16.3. The fourth-order valence-corrected chi connectivity index (χ4v) is 8.75. The average Bonchev–Trinajstić information content (AvgIpc) is 3.37. The molecule has 0 amide bonds. The van der Waals surface area contributed by atoms with Crippen LogP contribution in [0, 0.1) is 0 Å². The summed E-state index contributed by atoms with van der Waals surface area (Å²) in [5.74, 6) is 0. The van der Waals surface area contributed by atoms with Crippen LogP contribution in [0.3, 0.4) is 0 Å². The second-order valence-corrected chi connectivity index (χ2v) is 16.1. The minimum Gasteiger partial charge on any atom is -0.456 e. The highest BCUT2D eigenvalue weighted by Crippen LogP contribution is 2.37. The molecule has 0 radical (unpaired) electrons. The van der Waals surface area contributed by atoms with Gasteiger partial charge in [-0.25, -0.2) is 0 Å². The first kappa shape index (κ1) is 37.7. The van der Waals surface area contributed by atoms with Gasteiger partial charge in [-0.05, 0) is 162 Å². The van der Waals surface area contributed by atoms with E-state index in [1.54, 1.807) is 0 Å². The minimum atomic E-state index is -0.0478. The molecule has 0 N–H and O–H groups in total. The highest BCUT2D eigenvalue weighted by molar-refractivity contribution is 5.95. The van der Waals surface area contributed by atoms with E-state index in [9.17, 15) is 4.79 Å². The van der Waals surface area contributed by atoms with Crippen molar-refractivity contribution in [3.05, 3.63) is 253 Å². The fraction of sp³-hybridized carbons (Fsp3) is 0. The maximum absolute atomic E-state index is 14.5. The molecule has 0 saturated heterocycles. The third kappa shape index (κ3) is 7.56. The van der Waals surface area contributed by atoms with Crippen LogP contribution in [-0.2, 0) is 0 Å². The fourth-order valence-electron chi connectivity index (χ4n) is 8.75. The number of fused-ring (bicyclic) bond motifs is 2. The molecular weight excluding hydrogens is 765 g/mol. The van der Waals surface area contributed by atoms with Gasteiger partial charge in [0.15, 0.2) is 0 Å². The first-order chi connectivity index (χ1) is 31.1. The van der Waals surface area contributed by atoms with E-state index in [1.165, 1.54) is 22.3 Å². The molecule has 11 rings (SSSR count). The van der Waals surface area contributed by atoms with Gasteiger partial charge < -0.3 is 4.42 Å². The Hall–Kier alpha value is -8.33. The summed E-state index contributed by atoms with van der Waals surface area (Å²) < 4.78 is 6.42. The first-order valence-corrected chi connectivity index (χ1v) is 21.3. The molecule has 0 spiro atoms. The van der Waals surface area contributed by atoms with E-state index in [0.717, 1.165) is 66.8 Å². The Balaban J connectivity index is 0.959. The molecule has 1 heterocycles. The smallest absolute Gasteiger partial charge is 0.200 e. The van der Waals surface area contributed by atoms with Crippen molar-refractivity contribution in [2.45, 2.75) is 0 Å². The molecule has 11 aromatic rings. The largest absolute Gasteiger partial charge is 0.456 e. The summed E-state index contributed by atoms with van der Waals surface area (Å²) in [6, 6.07) is 84.7. The molecule has 0 aliphatic heterocycles. The summed E-state index contributed by atoms with van der Waals surface area (Å²) in [6.07, 6.45) is 0. The van der Waals surface area contributed by atoms with Crippen LogP contribution >= 0.6 is 0 Å². The van der Waals surface area contributed by atoms with E-state index >= 15 is 0 Å². The van der Waals surface area contributed by atoms with Gasteiger partial charge in [-0.1, -0.05) is 170 Å². The molecular formula is C61H40O2. The van der Waals surface area contributed by atoms with Crippen molar-refractivity contribution in [1.29, 1.82) is 0 Å². The highest BCUT2D eigenvalue weighted by Gasteiger charge is 2.14. The van der Waals surface area contributed by atoms with Crippen molar-refractivity contribution in [2.24, 2.45) is 0 Å². The highest BCUT2D eigenvalue weighted by atomic mass is 16.3. The third-order valence-electron chi connectivity index (χ3n) is 12.0. The lowest BCUT2D eigenvalue weighted by Crippen LogP contribution is -2.02. The molecule has 0 atom stereocenters. The molecule has 296 valence electrons. The zero-order chi connectivity index (χ0) is 42.1. The summed E-state index contributed by atoms with van der Waals surface area (Å²) in [4.78, 5) is 14.5. The van der Waals surface area contributed by atoms with E-state index in [4.69, 9.17) is 4.42 Å². The van der Waals surface area contributed by atoms with Crippen molar-refractivity contribution < 1.29 is 4.42 Å². The summed E-state index contributed by atoms with van der Waals surface area (Å²) in [5, 5.41) is 1.11.